The van der Waals surface area contributed by atoms with Gasteiger partial charge in [-0.2, -0.15) is 9.61 Å². The van der Waals surface area contributed by atoms with Crippen LogP contribution in [0.15, 0.2) is 29.6 Å². The van der Waals surface area contributed by atoms with Crippen LogP contribution >= 0.6 is 11.3 Å². The first kappa shape index (κ1) is 12.8. The number of nitrogens with zero attached hydrogens (tertiary/aromatic N) is 4. The van der Waals surface area contributed by atoms with Gasteiger partial charge in [0.15, 0.2) is 5.65 Å². The Bertz CT molecular complexity index is 756. The van der Waals surface area contributed by atoms with Crippen LogP contribution in [0, 0.1) is 6.92 Å². The van der Waals surface area contributed by atoms with Gasteiger partial charge in [0.05, 0.1) is 4.88 Å². The number of thiophene rings is 1. The van der Waals surface area contributed by atoms with Gasteiger partial charge < -0.3 is 10.2 Å². The van der Waals surface area contributed by atoms with Crippen LogP contribution in [0.2, 0.25) is 0 Å². The molecule has 0 atom stereocenters. The SMILES string of the molecule is Cc1cc(N2CCNCC2)n2nc(-c3cccs3)cc2n1. The predicted molar refractivity (Wildman–Crippen MR) is 86.1 cm³/mol. The highest BCUT2D eigenvalue weighted by Crippen LogP contribution is 2.26. The van der Waals surface area contributed by atoms with Crippen molar-refractivity contribution in [2.45, 2.75) is 6.92 Å². The van der Waals surface area contributed by atoms with E-state index in [9.17, 15) is 0 Å². The zero-order valence-corrected chi connectivity index (χ0v) is 12.7. The van der Waals surface area contributed by atoms with E-state index in [-0.39, 0.29) is 0 Å². The molecule has 3 aromatic rings. The van der Waals surface area contributed by atoms with E-state index in [1.807, 2.05) is 11.4 Å². The van der Waals surface area contributed by atoms with Crippen LogP contribution in [-0.4, -0.2) is 40.8 Å². The van der Waals surface area contributed by atoms with Gasteiger partial charge >= 0.3 is 0 Å². The van der Waals surface area contributed by atoms with Gasteiger partial charge in [0, 0.05) is 44.0 Å². The second kappa shape index (κ2) is 5.13. The summed E-state index contributed by atoms with van der Waals surface area (Å²) in [5.41, 5.74) is 2.96. The quantitative estimate of drug-likeness (QED) is 0.788. The fourth-order valence-electron chi connectivity index (χ4n) is 2.74. The van der Waals surface area contributed by atoms with Gasteiger partial charge in [0.2, 0.25) is 0 Å². The number of nitrogens with one attached hydrogen (secondary N) is 1. The highest BCUT2D eigenvalue weighted by molar-refractivity contribution is 7.13. The summed E-state index contributed by atoms with van der Waals surface area (Å²) >= 11 is 1.71. The van der Waals surface area contributed by atoms with Gasteiger partial charge in [0.1, 0.15) is 11.5 Å². The summed E-state index contributed by atoms with van der Waals surface area (Å²) in [6.07, 6.45) is 0. The lowest BCUT2D eigenvalue weighted by molar-refractivity contribution is 0.579. The highest BCUT2D eigenvalue weighted by atomic mass is 32.1. The average Bonchev–Trinajstić information content (AvgIpc) is 3.16. The Kier molecular flexibility index (Phi) is 3.12. The molecule has 0 spiro atoms. The first-order valence-corrected chi connectivity index (χ1v) is 8.06. The summed E-state index contributed by atoms with van der Waals surface area (Å²) in [7, 11) is 0. The maximum Gasteiger partial charge on any atom is 0.158 e. The van der Waals surface area contributed by atoms with Gasteiger partial charge in [-0.25, -0.2) is 4.98 Å². The molecule has 0 radical (unpaired) electrons. The van der Waals surface area contributed by atoms with Gasteiger partial charge in [-0.1, -0.05) is 6.07 Å². The van der Waals surface area contributed by atoms with Gasteiger partial charge in [0.25, 0.3) is 0 Å². The molecule has 21 heavy (non-hydrogen) atoms. The first-order valence-electron chi connectivity index (χ1n) is 7.18. The van der Waals surface area contributed by atoms with Crippen molar-refractivity contribution in [3.8, 4) is 10.6 Å². The number of fused-ring (bicyclic) bond motifs is 1. The Morgan fingerprint density at radius 3 is 2.86 bits per heavy atom. The molecular formula is C15H17N5S. The van der Waals surface area contributed by atoms with Crippen LogP contribution in [0.4, 0.5) is 5.82 Å². The van der Waals surface area contributed by atoms with E-state index in [0.717, 1.165) is 49.0 Å². The van der Waals surface area contributed by atoms with Crippen molar-refractivity contribution < 1.29 is 0 Å². The number of anilines is 1. The smallest absolute Gasteiger partial charge is 0.158 e. The molecule has 6 heteroatoms. The molecule has 0 amide bonds. The third kappa shape index (κ3) is 2.30. The van der Waals surface area contributed by atoms with Crippen LogP contribution in [-0.2, 0) is 0 Å². The molecule has 0 bridgehead atoms. The number of piperazine rings is 1. The zero-order valence-electron chi connectivity index (χ0n) is 11.9. The topological polar surface area (TPSA) is 45.5 Å². The Morgan fingerprint density at radius 1 is 1.24 bits per heavy atom. The minimum absolute atomic E-state index is 0.923. The molecule has 0 saturated carbocycles. The van der Waals surface area contributed by atoms with E-state index >= 15 is 0 Å². The fraction of sp³-hybridized carbons (Fsp3) is 0.333. The normalized spacial score (nSPS) is 15.8. The van der Waals surface area contributed by atoms with Crippen LogP contribution < -0.4 is 10.2 Å². The fourth-order valence-corrected chi connectivity index (χ4v) is 3.43. The third-order valence-corrected chi connectivity index (χ3v) is 4.64. The molecular weight excluding hydrogens is 282 g/mol. The van der Waals surface area contributed by atoms with Crippen LogP contribution in [0.5, 0.6) is 0 Å². The molecule has 108 valence electrons. The molecule has 1 aliphatic rings. The van der Waals surface area contributed by atoms with Crippen molar-refractivity contribution in [1.82, 2.24) is 19.9 Å². The van der Waals surface area contributed by atoms with Crippen molar-refractivity contribution >= 4 is 22.8 Å². The minimum Gasteiger partial charge on any atom is -0.354 e. The predicted octanol–water partition coefficient (Wildman–Crippen LogP) is 2.18. The Balaban J connectivity index is 1.85. The molecule has 1 aliphatic heterocycles. The second-order valence-corrected chi connectivity index (χ2v) is 6.22. The van der Waals surface area contributed by atoms with Crippen LogP contribution in [0.1, 0.15) is 5.69 Å². The van der Waals surface area contributed by atoms with Gasteiger partial charge in [-0.15, -0.1) is 11.3 Å². The van der Waals surface area contributed by atoms with E-state index in [4.69, 9.17) is 5.10 Å². The van der Waals surface area contributed by atoms with Crippen LogP contribution in [0.3, 0.4) is 0 Å². The maximum atomic E-state index is 4.77. The average molecular weight is 299 g/mol. The summed E-state index contributed by atoms with van der Waals surface area (Å²) in [6.45, 7) is 6.09. The van der Waals surface area contributed by atoms with E-state index < -0.39 is 0 Å². The largest absolute Gasteiger partial charge is 0.354 e. The van der Waals surface area contributed by atoms with E-state index in [2.05, 4.69) is 44.8 Å². The molecule has 4 heterocycles. The monoisotopic (exact) mass is 299 g/mol. The highest BCUT2D eigenvalue weighted by Gasteiger charge is 2.17. The van der Waals surface area contributed by atoms with Crippen molar-refractivity contribution in [3.63, 3.8) is 0 Å². The van der Waals surface area contributed by atoms with Crippen molar-refractivity contribution in [2.75, 3.05) is 31.1 Å². The molecule has 0 aromatic carbocycles. The molecule has 0 aliphatic carbocycles. The zero-order chi connectivity index (χ0) is 14.2. The minimum atomic E-state index is 0.923. The standard InChI is InChI=1S/C15H17N5S/c1-11-9-15(19-6-4-16-5-7-19)20-14(17-11)10-12(18-20)13-3-2-8-21-13/h2-3,8-10,16H,4-7H2,1H3. The van der Waals surface area contributed by atoms with E-state index in [1.54, 1.807) is 11.3 Å². The molecule has 5 nitrogen and oxygen atoms in total. The molecule has 1 N–H and O–H groups in total. The number of aryl methyl sites for hydroxylation is 1. The summed E-state index contributed by atoms with van der Waals surface area (Å²) in [5.74, 6) is 1.14. The lowest BCUT2D eigenvalue weighted by Crippen LogP contribution is -2.44. The lowest BCUT2D eigenvalue weighted by Gasteiger charge is -2.29. The Morgan fingerprint density at radius 2 is 2.10 bits per heavy atom. The number of hydrogen-bond acceptors (Lipinski definition) is 5. The van der Waals surface area contributed by atoms with Crippen LogP contribution in [0.25, 0.3) is 16.2 Å². The van der Waals surface area contributed by atoms with Gasteiger partial charge in [-0.3, -0.25) is 0 Å². The van der Waals surface area contributed by atoms with Gasteiger partial charge in [-0.05, 0) is 18.4 Å². The maximum absolute atomic E-state index is 4.77. The molecule has 1 saturated heterocycles. The second-order valence-electron chi connectivity index (χ2n) is 5.27. The molecule has 3 aromatic heterocycles. The summed E-state index contributed by atoms with van der Waals surface area (Å²) in [4.78, 5) is 8.19. The van der Waals surface area contributed by atoms with E-state index in [1.165, 1.54) is 4.88 Å². The van der Waals surface area contributed by atoms with Crippen molar-refractivity contribution in [3.05, 3.63) is 35.3 Å². The van der Waals surface area contributed by atoms with Crippen molar-refractivity contribution in [1.29, 1.82) is 0 Å². The number of hydrogen-bond donors (Lipinski definition) is 1. The van der Waals surface area contributed by atoms with Crippen molar-refractivity contribution in [2.24, 2.45) is 0 Å². The molecule has 4 rings (SSSR count). The summed E-state index contributed by atoms with van der Waals surface area (Å²) in [5, 5.41) is 10.2. The Labute approximate surface area is 127 Å². The number of rotatable bonds is 2. The third-order valence-electron chi connectivity index (χ3n) is 3.75. The molecule has 0 unspecified atom stereocenters. The number of aromatic nitrogens is 3. The molecule has 1 fully saturated rings. The first-order chi connectivity index (χ1) is 10.3. The summed E-state index contributed by atoms with van der Waals surface area (Å²) in [6, 6.07) is 8.36. The lowest BCUT2D eigenvalue weighted by atomic mass is 10.3. The summed E-state index contributed by atoms with van der Waals surface area (Å²) < 4.78 is 1.98. The Hall–Kier alpha value is -1.92. The van der Waals surface area contributed by atoms with E-state index in [0.29, 0.717) is 0 Å².